The van der Waals surface area contributed by atoms with Gasteiger partial charge < -0.3 is 10.8 Å². The number of benzene rings is 2. The van der Waals surface area contributed by atoms with Gasteiger partial charge >= 0.3 is 0 Å². The Morgan fingerprint density at radius 3 is 2.35 bits per heavy atom. The highest BCUT2D eigenvalue weighted by Crippen LogP contribution is 2.22. The molecule has 0 amide bonds. The van der Waals surface area contributed by atoms with E-state index in [1.54, 1.807) is 24.3 Å². The standard InChI is InChI=1S/C14H14FNO/c15-13-3-1-2-12(8-13)14(17)11-6-4-10(9-16)5-7-11/h1-8,14,17H,9,16H2. The van der Waals surface area contributed by atoms with E-state index in [0.717, 1.165) is 11.1 Å². The molecule has 3 heteroatoms. The van der Waals surface area contributed by atoms with E-state index in [2.05, 4.69) is 0 Å². The van der Waals surface area contributed by atoms with E-state index in [1.807, 2.05) is 12.1 Å². The molecule has 2 aromatic carbocycles. The first-order valence-corrected chi connectivity index (χ1v) is 5.43. The van der Waals surface area contributed by atoms with Crippen molar-refractivity contribution in [1.29, 1.82) is 0 Å². The molecule has 0 heterocycles. The third-order valence-corrected chi connectivity index (χ3v) is 2.70. The third-order valence-electron chi connectivity index (χ3n) is 2.70. The van der Waals surface area contributed by atoms with Gasteiger partial charge in [-0.25, -0.2) is 4.39 Å². The van der Waals surface area contributed by atoms with Crippen LogP contribution in [-0.2, 0) is 6.54 Å². The Bertz CT molecular complexity index is 496. The van der Waals surface area contributed by atoms with Crippen molar-refractivity contribution in [2.24, 2.45) is 5.73 Å². The molecule has 0 radical (unpaired) electrons. The molecule has 1 atom stereocenters. The Kier molecular flexibility index (Phi) is 3.52. The van der Waals surface area contributed by atoms with Crippen LogP contribution in [0.25, 0.3) is 0 Å². The second kappa shape index (κ2) is 5.08. The van der Waals surface area contributed by atoms with Gasteiger partial charge in [-0.15, -0.1) is 0 Å². The summed E-state index contributed by atoms with van der Waals surface area (Å²) in [5.41, 5.74) is 7.77. The van der Waals surface area contributed by atoms with Gasteiger partial charge in [0, 0.05) is 6.54 Å². The summed E-state index contributed by atoms with van der Waals surface area (Å²) in [7, 11) is 0. The summed E-state index contributed by atoms with van der Waals surface area (Å²) in [5, 5.41) is 10.1. The Balaban J connectivity index is 2.27. The second-order valence-corrected chi connectivity index (χ2v) is 3.90. The van der Waals surface area contributed by atoms with E-state index >= 15 is 0 Å². The van der Waals surface area contributed by atoms with Crippen LogP contribution in [0.1, 0.15) is 22.8 Å². The summed E-state index contributed by atoms with van der Waals surface area (Å²) in [6.07, 6.45) is -0.808. The molecule has 2 aromatic rings. The first kappa shape index (κ1) is 11.8. The monoisotopic (exact) mass is 231 g/mol. The molecule has 1 unspecified atom stereocenters. The highest BCUT2D eigenvalue weighted by Gasteiger charge is 2.10. The van der Waals surface area contributed by atoms with Gasteiger partial charge in [0.2, 0.25) is 0 Å². The van der Waals surface area contributed by atoms with Crippen LogP contribution in [0.2, 0.25) is 0 Å². The lowest BCUT2D eigenvalue weighted by molar-refractivity contribution is 0.220. The molecule has 0 bridgehead atoms. The maximum absolute atomic E-state index is 13.0. The van der Waals surface area contributed by atoms with Crippen LogP contribution >= 0.6 is 0 Å². The Hall–Kier alpha value is -1.71. The number of hydrogen-bond acceptors (Lipinski definition) is 2. The molecule has 0 aliphatic rings. The zero-order chi connectivity index (χ0) is 12.3. The van der Waals surface area contributed by atoms with Crippen molar-refractivity contribution < 1.29 is 9.50 Å². The molecule has 0 aromatic heterocycles. The lowest BCUT2D eigenvalue weighted by atomic mass is 10.0. The van der Waals surface area contributed by atoms with E-state index < -0.39 is 6.10 Å². The first-order chi connectivity index (χ1) is 8.20. The van der Waals surface area contributed by atoms with Crippen LogP contribution in [0.15, 0.2) is 48.5 Å². The molecule has 0 saturated heterocycles. The molecule has 2 nitrogen and oxygen atoms in total. The summed E-state index contributed by atoms with van der Waals surface area (Å²) in [6.45, 7) is 0.469. The third kappa shape index (κ3) is 2.70. The maximum Gasteiger partial charge on any atom is 0.123 e. The van der Waals surface area contributed by atoms with Gasteiger partial charge in [0.15, 0.2) is 0 Å². The van der Waals surface area contributed by atoms with Gasteiger partial charge in [0.25, 0.3) is 0 Å². The quantitative estimate of drug-likeness (QED) is 0.851. The van der Waals surface area contributed by atoms with Crippen LogP contribution in [-0.4, -0.2) is 5.11 Å². The fraction of sp³-hybridized carbons (Fsp3) is 0.143. The van der Waals surface area contributed by atoms with E-state index in [-0.39, 0.29) is 5.82 Å². The number of nitrogens with two attached hydrogens (primary N) is 1. The summed E-state index contributed by atoms with van der Waals surface area (Å²) >= 11 is 0. The molecular weight excluding hydrogens is 217 g/mol. The number of hydrogen-bond donors (Lipinski definition) is 2. The summed E-state index contributed by atoms with van der Waals surface area (Å²) in [4.78, 5) is 0. The van der Waals surface area contributed by atoms with Crippen LogP contribution < -0.4 is 5.73 Å². The van der Waals surface area contributed by atoms with Crippen LogP contribution in [0.3, 0.4) is 0 Å². The van der Waals surface area contributed by atoms with Crippen molar-refractivity contribution in [1.82, 2.24) is 0 Å². The van der Waals surface area contributed by atoms with Gasteiger partial charge in [-0.2, -0.15) is 0 Å². The minimum Gasteiger partial charge on any atom is -0.384 e. The summed E-state index contributed by atoms with van der Waals surface area (Å²) < 4.78 is 13.0. The molecular formula is C14H14FNO. The molecule has 0 fully saturated rings. The summed E-state index contributed by atoms with van der Waals surface area (Å²) in [5.74, 6) is -0.347. The average molecular weight is 231 g/mol. The predicted molar refractivity (Wildman–Crippen MR) is 64.8 cm³/mol. The van der Waals surface area contributed by atoms with Crippen LogP contribution in [0.5, 0.6) is 0 Å². The van der Waals surface area contributed by atoms with Crippen molar-refractivity contribution in [2.45, 2.75) is 12.6 Å². The molecule has 88 valence electrons. The second-order valence-electron chi connectivity index (χ2n) is 3.90. The van der Waals surface area contributed by atoms with E-state index in [9.17, 15) is 9.50 Å². The zero-order valence-corrected chi connectivity index (χ0v) is 9.31. The van der Waals surface area contributed by atoms with Crippen LogP contribution in [0, 0.1) is 5.82 Å². The lowest BCUT2D eigenvalue weighted by Crippen LogP contribution is -2.01. The van der Waals surface area contributed by atoms with Gasteiger partial charge in [-0.3, -0.25) is 0 Å². The average Bonchev–Trinajstić information content (AvgIpc) is 2.38. The van der Waals surface area contributed by atoms with Gasteiger partial charge in [-0.1, -0.05) is 36.4 Å². The largest absolute Gasteiger partial charge is 0.384 e. The Labute approximate surface area is 99.5 Å². The Morgan fingerprint density at radius 1 is 1.06 bits per heavy atom. The minimum absolute atomic E-state index is 0.347. The predicted octanol–water partition coefficient (Wildman–Crippen LogP) is 2.37. The highest BCUT2D eigenvalue weighted by molar-refractivity contribution is 5.32. The van der Waals surface area contributed by atoms with Crippen molar-refractivity contribution in [3.8, 4) is 0 Å². The number of aliphatic hydroxyl groups excluding tert-OH is 1. The molecule has 3 N–H and O–H groups in total. The maximum atomic E-state index is 13.0. The minimum atomic E-state index is -0.808. The first-order valence-electron chi connectivity index (χ1n) is 5.43. The molecule has 2 rings (SSSR count). The van der Waals surface area contributed by atoms with E-state index in [4.69, 9.17) is 5.73 Å². The van der Waals surface area contributed by atoms with Crippen LogP contribution in [0.4, 0.5) is 4.39 Å². The smallest absolute Gasteiger partial charge is 0.123 e. The fourth-order valence-corrected chi connectivity index (χ4v) is 1.71. The molecule has 0 saturated carbocycles. The fourth-order valence-electron chi connectivity index (χ4n) is 1.71. The molecule has 0 spiro atoms. The van der Waals surface area contributed by atoms with Crippen molar-refractivity contribution >= 4 is 0 Å². The SMILES string of the molecule is NCc1ccc(C(O)c2cccc(F)c2)cc1. The Morgan fingerprint density at radius 2 is 1.76 bits per heavy atom. The molecule has 0 aliphatic heterocycles. The van der Waals surface area contributed by atoms with Gasteiger partial charge in [0.05, 0.1) is 0 Å². The van der Waals surface area contributed by atoms with Gasteiger partial charge in [0.1, 0.15) is 11.9 Å². The van der Waals surface area contributed by atoms with Crippen molar-refractivity contribution in [3.05, 3.63) is 71.0 Å². The zero-order valence-electron chi connectivity index (χ0n) is 9.31. The lowest BCUT2D eigenvalue weighted by Gasteiger charge is -2.12. The number of halogens is 1. The van der Waals surface area contributed by atoms with Crippen molar-refractivity contribution in [3.63, 3.8) is 0 Å². The number of aliphatic hydroxyl groups is 1. The molecule has 0 aliphatic carbocycles. The number of rotatable bonds is 3. The van der Waals surface area contributed by atoms with E-state index in [1.165, 1.54) is 12.1 Å². The normalized spacial score (nSPS) is 12.4. The van der Waals surface area contributed by atoms with E-state index in [0.29, 0.717) is 12.1 Å². The van der Waals surface area contributed by atoms with Gasteiger partial charge in [-0.05, 0) is 28.8 Å². The topological polar surface area (TPSA) is 46.2 Å². The van der Waals surface area contributed by atoms with Crippen molar-refractivity contribution in [2.75, 3.05) is 0 Å². The summed E-state index contributed by atoms with van der Waals surface area (Å²) in [6, 6.07) is 13.3. The molecule has 17 heavy (non-hydrogen) atoms. The highest BCUT2D eigenvalue weighted by atomic mass is 19.1.